The fourth-order valence-corrected chi connectivity index (χ4v) is 2.41. The first-order chi connectivity index (χ1) is 9.25. The molecule has 0 amide bonds. The van der Waals surface area contributed by atoms with Crippen LogP contribution in [-0.2, 0) is 4.74 Å². The van der Waals surface area contributed by atoms with Crippen molar-refractivity contribution in [1.29, 1.82) is 0 Å². The van der Waals surface area contributed by atoms with Gasteiger partial charge < -0.3 is 15.0 Å². The summed E-state index contributed by atoms with van der Waals surface area (Å²) < 4.78 is 5.54. The van der Waals surface area contributed by atoms with Gasteiger partial charge in [-0.25, -0.2) is 4.98 Å². The maximum atomic E-state index is 5.54. The van der Waals surface area contributed by atoms with Crippen LogP contribution in [0.3, 0.4) is 0 Å². The average Bonchev–Trinajstić information content (AvgIpc) is 2.45. The van der Waals surface area contributed by atoms with Crippen molar-refractivity contribution in [3.8, 4) is 0 Å². The normalized spacial score (nSPS) is 17.1. The third-order valence-electron chi connectivity index (χ3n) is 3.45. The Bertz CT molecular complexity index is 348. The van der Waals surface area contributed by atoms with Gasteiger partial charge in [-0.2, -0.15) is 0 Å². The molecule has 0 unspecified atom stereocenters. The summed E-state index contributed by atoms with van der Waals surface area (Å²) in [6, 6.07) is 6.72. The van der Waals surface area contributed by atoms with Crippen LogP contribution in [0.4, 0.5) is 5.82 Å². The van der Waals surface area contributed by atoms with Gasteiger partial charge in [-0.1, -0.05) is 6.07 Å². The summed E-state index contributed by atoms with van der Waals surface area (Å²) in [6.45, 7) is 8.07. The number of anilines is 1. The Labute approximate surface area is 116 Å². The molecule has 1 aliphatic heterocycles. The first-order valence-electron chi connectivity index (χ1n) is 7.26. The zero-order valence-corrected chi connectivity index (χ0v) is 12.0. The molecular formula is C15H25N3O. The van der Waals surface area contributed by atoms with E-state index in [4.69, 9.17) is 4.74 Å². The molecule has 1 fully saturated rings. The maximum absolute atomic E-state index is 5.54. The van der Waals surface area contributed by atoms with Crippen molar-refractivity contribution in [2.75, 3.05) is 31.1 Å². The maximum Gasteiger partial charge on any atom is 0.128 e. The third kappa shape index (κ3) is 4.80. The Kier molecular flexibility index (Phi) is 5.61. The van der Waals surface area contributed by atoms with Gasteiger partial charge in [0.05, 0.1) is 12.7 Å². The van der Waals surface area contributed by atoms with Crippen molar-refractivity contribution in [1.82, 2.24) is 10.3 Å². The SMILES string of the molecule is CC(C)OCCNC1CCN(c2ccccn2)CC1. The molecule has 0 bridgehead atoms. The van der Waals surface area contributed by atoms with Crippen LogP contribution in [0.1, 0.15) is 26.7 Å². The number of ether oxygens (including phenoxy) is 1. The molecule has 1 N–H and O–H groups in total. The lowest BCUT2D eigenvalue weighted by atomic mass is 10.1. The van der Waals surface area contributed by atoms with Crippen LogP contribution in [-0.4, -0.2) is 43.4 Å². The standard InChI is InChI=1S/C15H25N3O/c1-13(2)19-12-9-16-14-6-10-18(11-7-14)15-5-3-4-8-17-15/h3-5,8,13-14,16H,6-7,9-12H2,1-2H3. The zero-order chi connectivity index (χ0) is 13.5. The number of aromatic nitrogens is 1. The number of hydrogen-bond donors (Lipinski definition) is 1. The molecule has 0 saturated carbocycles. The van der Waals surface area contributed by atoms with Gasteiger partial charge in [0, 0.05) is 31.9 Å². The summed E-state index contributed by atoms with van der Waals surface area (Å²) >= 11 is 0. The lowest BCUT2D eigenvalue weighted by Gasteiger charge is -2.33. The molecule has 1 saturated heterocycles. The van der Waals surface area contributed by atoms with E-state index in [0.717, 1.165) is 32.1 Å². The minimum absolute atomic E-state index is 0.327. The Hall–Kier alpha value is -1.13. The largest absolute Gasteiger partial charge is 0.377 e. The smallest absolute Gasteiger partial charge is 0.128 e. The molecular weight excluding hydrogens is 238 g/mol. The summed E-state index contributed by atoms with van der Waals surface area (Å²) in [5.74, 6) is 1.10. The highest BCUT2D eigenvalue weighted by Crippen LogP contribution is 2.16. The zero-order valence-electron chi connectivity index (χ0n) is 12.0. The van der Waals surface area contributed by atoms with Gasteiger partial charge in [-0.05, 0) is 38.8 Å². The van der Waals surface area contributed by atoms with E-state index in [0.29, 0.717) is 12.1 Å². The van der Waals surface area contributed by atoms with E-state index in [1.807, 2.05) is 12.3 Å². The summed E-state index contributed by atoms with van der Waals surface area (Å²) in [7, 11) is 0. The van der Waals surface area contributed by atoms with Gasteiger partial charge in [0.15, 0.2) is 0 Å². The van der Waals surface area contributed by atoms with Gasteiger partial charge in [0.25, 0.3) is 0 Å². The fraction of sp³-hybridized carbons (Fsp3) is 0.667. The number of hydrogen-bond acceptors (Lipinski definition) is 4. The highest BCUT2D eigenvalue weighted by molar-refractivity contribution is 5.38. The Morgan fingerprint density at radius 1 is 1.37 bits per heavy atom. The molecule has 1 aliphatic rings. The van der Waals surface area contributed by atoms with E-state index in [-0.39, 0.29) is 0 Å². The van der Waals surface area contributed by atoms with Crippen molar-refractivity contribution in [3.05, 3.63) is 24.4 Å². The number of pyridine rings is 1. The van der Waals surface area contributed by atoms with Crippen LogP contribution in [0.5, 0.6) is 0 Å². The Balaban J connectivity index is 1.65. The Morgan fingerprint density at radius 3 is 2.79 bits per heavy atom. The molecule has 106 valence electrons. The van der Waals surface area contributed by atoms with Crippen molar-refractivity contribution in [2.45, 2.75) is 38.8 Å². The van der Waals surface area contributed by atoms with Crippen LogP contribution in [0, 0.1) is 0 Å². The van der Waals surface area contributed by atoms with Crippen LogP contribution in [0.15, 0.2) is 24.4 Å². The first kappa shape index (κ1) is 14.3. The predicted molar refractivity (Wildman–Crippen MR) is 78.6 cm³/mol. The second-order valence-corrected chi connectivity index (χ2v) is 5.32. The van der Waals surface area contributed by atoms with Gasteiger partial charge in [0.2, 0.25) is 0 Å². The Morgan fingerprint density at radius 2 is 2.16 bits per heavy atom. The van der Waals surface area contributed by atoms with E-state index in [1.54, 1.807) is 0 Å². The lowest BCUT2D eigenvalue weighted by Crippen LogP contribution is -2.43. The van der Waals surface area contributed by atoms with Crippen LogP contribution in [0.25, 0.3) is 0 Å². The molecule has 2 heterocycles. The minimum atomic E-state index is 0.327. The highest BCUT2D eigenvalue weighted by Gasteiger charge is 2.19. The van der Waals surface area contributed by atoms with E-state index >= 15 is 0 Å². The molecule has 1 aromatic rings. The van der Waals surface area contributed by atoms with Crippen molar-refractivity contribution in [2.24, 2.45) is 0 Å². The van der Waals surface area contributed by atoms with E-state index in [2.05, 4.69) is 41.2 Å². The molecule has 0 radical (unpaired) electrons. The number of nitrogens with one attached hydrogen (secondary N) is 1. The van der Waals surface area contributed by atoms with Crippen LogP contribution in [0.2, 0.25) is 0 Å². The molecule has 4 heteroatoms. The van der Waals surface area contributed by atoms with Gasteiger partial charge in [0.1, 0.15) is 5.82 Å². The fourth-order valence-electron chi connectivity index (χ4n) is 2.41. The summed E-state index contributed by atoms with van der Waals surface area (Å²) in [5, 5.41) is 3.58. The second-order valence-electron chi connectivity index (χ2n) is 5.32. The topological polar surface area (TPSA) is 37.4 Å². The van der Waals surface area contributed by atoms with Gasteiger partial charge >= 0.3 is 0 Å². The molecule has 0 atom stereocenters. The first-order valence-corrected chi connectivity index (χ1v) is 7.26. The molecule has 0 aliphatic carbocycles. The summed E-state index contributed by atoms with van der Waals surface area (Å²) in [6.07, 6.45) is 4.55. The van der Waals surface area contributed by atoms with Crippen LogP contribution < -0.4 is 10.2 Å². The van der Waals surface area contributed by atoms with E-state index in [9.17, 15) is 0 Å². The number of piperidine rings is 1. The van der Waals surface area contributed by atoms with Crippen molar-refractivity contribution in [3.63, 3.8) is 0 Å². The monoisotopic (exact) mass is 263 g/mol. The van der Waals surface area contributed by atoms with E-state index < -0.39 is 0 Å². The highest BCUT2D eigenvalue weighted by atomic mass is 16.5. The number of rotatable bonds is 6. The molecule has 4 nitrogen and oxygen atoms in total. The molecule has 2 rings (SSSR count). The predicted octanol–water partition coefficient (Wildman–Crippen LogP) is 2.06. The van der Waals surface area contributed by atoms with E-state index in [1.165, 1.54) is 12.8 Å². The molecule has 0 aromatic carbocycles. The lowest BCUT2D eigenvalue weighted by molar-refractivity contribution is 0.0788. The van der Waals surface area contributed by atoms with Gasteiger partial charge in [-0.15, -0.1) is 0 Å². The van der Waals surface area contributed by atoms with Crippen molar-refractivity contribution >= 4 is 5.82 Å². The quantitative estimate of drug-likeness (QED) is 0.797. The minimum Gasteiger partial charge on any atom is -0.377 e. The number of nitrogens with zero attached hydrogens (tertiary/aromatic N) is 2. The average molecular weight is 263 g/mol. The second kappa shape index (κ2) is 7.46. The summed E-state index contributed by atoms with van der Waals surface area (Å²) in [4.78, 5) is 6.77. The molecule has 1 aromatic heterocycles. The summed E-state index contributed by atoms with van der Waals surface area (Å²) in [5.41, 5.74) is 0. The molecule has 0 spiro atoms. The van der Waals surface area contributed by atoms with Crippen molar-refractivity contribution < 1.29 is 4.74 Å². The third-order valence-corrected chi connectivity index (χ3v) is 3.45. The van der Waals surface area contributed by atoms with Gasteiger partial charge in [-0.3, -0.25) is 0 Å². The van der Waals surface area contributed by atoms with Crippen LogP contribution >= 0.6 is 0 Å². The molecule has 19 heavy (non-hydrogen) atoms.